The van der Waals surface area contributed by atoms with Crippen molar-refractivity contribution >= 4 is 50.5 Å². The number of carbonyl (C=O) groups is 2. The summed E-state index contributed by atoms with van der Waals surface area (Å²) in [6.07, 6.45) is 0. The maximum absolute atomic E-state index is 13.7. The van der Waals surface area contributed by atoms with E-state index in [4.69, 9.17) is 0 Å². The van der Waals surface area contributed by atoms with Crippen molar-refractivity contribution < 1.29 is 14.0 Å². The molecule has 2 N–H and O–H groups in total. The third-order valence-corrected chi connectivity index (χ3v) is 5.40. The van der Waals surface area contributed by atoms with Crippen molar-refractivity contribution in [3.63, 3.8) is 0 Å². The predicted molar refractivity (Wildman–Crippen MR) is 112 cm³/mol. The molecule has 0 saturated carbocycles. The maximum atomic E-state index is 13.7. The van der Waals surface area contributed by atoms with Crippen LogP contribution in [-0.2, 0) is 0 Å². The minimum Gasteiger partial charge on any atom is -0.322 e. The van der Waals surface area contributed by atoms with E-state index >= 15 is 0 Å². The Balaban J connectivity index is 1.70. The van der Waals surface area contributed by atoms with Gasteiger partial charge in [-0.05, 0) is 64.8 Å². The van der Waals surface area contributed by atoms with Crippen LogP contribution in [-0.4, -0.2) is 17.5 Å². The van der Waals surface area contributed by atoms with E-state index in [1.807, 2.05) is 0 Å². The first kappa shape index (κ1) is 19.9. The molecule has 0 fully saturated rings. The van der Waals surface area contributed by atoms with Crippen molar-refractivity contribution in [3.05, 3.63) is 86.3 Å². The number of rotatable bonds is 5. The van der Waals surface area contributed by atoms with Crippen LogP contribution in [0, 0.1) is 5.82 Å². The zero-order valence-electron chi connectivity index (χ0n) is 14.7. The monoisotopic (exact) mass is 459 g/mol. The summed E-state index contributed by atoms with van der Waals surface area (Å²) >= 11 is 4.62. The third kappa shape index (κ3) is 4.90. The molecule has 0 atom stereocenters. The Kier molecular flexibility index (Phi) is 6.33. The molecule has 3 rings (SSSR count). The molecule has 0 spiro atoms. The highest BCUT2D eigenvalue weighted by molar-refractivity contribution is 9.11. The van der Waals surface area contributed by atoms with Gasteiger partial charge in [-0.1, -0.05) is 24.3 Å². The zero-order chi connectivity index (χ0) is 20.1. The largest absolute Gasteiger partial charge is 0.322 e. The minimum atomic E-state index is -0.586. The Morgan fingerprint density at radius 3 is 2.54 bits per heavy atom. The van der Waals surface area contributed by atoms with Crippen molar-refractivity contribution in [1.82, 2.24) is 5.43 Å². The van der Waals surface area contributed by atoms with E-state index in [1.54, 1.807) is 49.4 Å². The number of hydrogen-bond acceptors (Lipinski definition) is 4. The van der Waals surface area contributed by atoms with Crippen molar-refractivity contribution in [2.24, 2.45) is 5.10 Å². The van der Waals surface area contributed by atoms with Gasteiger partial charge in [0.25, 0.3) is 11.8 Å². The molecule has 1 heterocycles. The molecule has 2 amide bonds. The number of halogens is 2. The summed E-state index contributed by atoms with van der Waals surface area (Å²) in [6.45, 7) is 1.74. The number of nitrogens with one attached hydrogen (secondary N) is 2. The van der Waals surface area contributed by atoms with Crippen LogP contribution < -0.4 is 10.7 Å². The summed E-state index contributed by atoms with van der Waals surface area (Å²) < 4.78 is 14.6. The molecule has 0 aliphatic heterocycles. The molecule has 142 valence electrons. The second-order valence-corrected chi connectivity index (χ2v) is 8.22. The van der Waals surface area contributed by atoms with Crippen molar-refractivity contribution in [2.45, 2.75) is 6.92 Å². The topological polar surface area (TPSA) is 70.6 Å². The zero-order valence-corrected chi connectivity index (χ0v) is 17.1. The molecule has 0 radical (unpaired) electrons. The fraction of sp³-hybridized carbons (Fsp3) is 0.0500. The third-order valence-electron chi connectivity index (χ3n) is 3.78. The molecule has 8 heteroatoms. The van der Waals surface area contributed by atoms with E-state index in [0.29, 0.717) is 21.8 Å². The molecular weight excluding hydrogens is 445 g/mol. The van der Waals surface area contributed by atoms with Crippen LogP contribution in [0.25, 0.3) is 0 Å². The summed E-state index contributed by atoms with van der Waals surface area (Å²) in [4.78, 5) is 24.9. The van der Waals surface area contributed by atoms with Gasteiger partial charge in [0.15, 0.2) is 0 Å². The van der Waals surface area contributed by atoms with Crippen LogP contribution in [0.1, 0.15) is 32.5 Å². The first-order valence-electron chi connectivity index (χ1n) is 8.20. The fourth-order valence-electron chi connectivity index (χ4n) is 2.36. The highest BCUT2D eigenvalue weighted by Gasteiger charge is 2.12. The number of amides is 2. The Morgan fingerprint density at radius 2 is 1.82 bits per heavy atom. The van der Waals surface area contributed by atoms with Crippen LogP contribution in [0.2, 0.25) is 0 Å². The van der Waals surface area contributed by atoms with Gasteiger partial charge in [-0.2, -0.15) is 5.10 Å². The second kappa shape index (κ2) is 8.90. The molecule has 5 nitrogen and oxygen atoms in total. The van der Waals surface area contributed by atoms with Gasteiger partial charge >= 0.3 is 0 Å². The Morgan fingerprint density at radius 1 is 1.04 bits per heavy atom. The molecule has 0 saturated heterocycles. The summed E-state index contributed by atoms with van der Waals surface area (Å²) in [7, 11) is 0. The smallest absolute Gasteiger partial charge is 0.281 e. The lowest BCUT2D eigenvalue weighted by Gasteiger charge is -2.08. The lowest BCUT2D eigenvalue weighted by Crippen LogP contribution is -2.18. The Hall–Kier alpha value is -2.84. The molecule has 28 heavy (non-hydrogen) atoms. The number of hydrogen-bond donors (Lipinski definition) is 2. The van der Waals surface area contributed by atoms with E-state index in [1.165, 1.54) is 29.5 Å². The van der Waals surface area contributed by atoms with Crippen molar-refractivity contribution in [1.29, 1.82) is 0 Å². The van der Waals surface area contributed by atoms with Gasteiger partial charge < -0.3 is 5.32 Å². The maximum Gasteiger partial charge on any atom is 0.281 e. The predicted octanol–water partition coefficient (Wildman–Crippen LogP) is 5.06. The number of nitrogens with zero attached hydrogens (tertiary/aromatic N) is 1. The average Bonchev–Trinajstić information content (AvgIpc) is 3.13. The van der Waals surface area contributed by atoms with E-state index < -0.39 is 11.7 Å². The summed E-state index contributed by atoms with van der Waals surface area (Å²) in [5, 5.41) is 6.77. The van der Waals surface area contributed by atoms with Crippen LogP contribution >= 0.6 is 27.3 Å². The van der Waals surface area contributed by atoms with Crippen LogP contribution in [0.4, 0.5) is 10.1 Å². The summed E-state index contributed by atoms with van der Waals surface area (Å²) in [5.41, 5.74) is 4.23. The van der Waals surface area contributed by atoms with Gasteiger partial charge in [-0.15, -0.1) is 11.3 Å². The Labute approximate surface area is 173 Å². The molecule has 0 unspecified atom stereocenters. The number of benzene rings is 2. The highest BCUT2D eigenvalue weighted by Crippen LogP contribution is 2.22. The first-order valence-corrected chi connectivity index (χ1v) is 9.81. The van der Waals surface area contributed by atoms with Gasteiger partial charge in [0, 0.05) is 5.69 Å². The average molecular weight is 460 g/mol. The highest BCUT2D eigenvalue weighted by atomic mass is 79.9. The second-order valence-electron chi connectivity index (χ2n) is 5.76. The van der Waals surface area contributed by atoms with Gasteiger partial charge in [0.1, 0.15) is 5.82 Å². The lowest BCUT2D eigenvalue weighted by molar-refractivity contribution is 0.0958. The summed E-state index contributed by atoms with van der Waals surface area (Å²) in [6, 6.07) is 16.2. The minimum absolute atomic E-state index is 0.0346. The standard InChI is InChI=1S/C20H15BrFN3O2S/c1-12(24-25-20(27)17-9-10-18(21)28-17)13-5-4-6-14(11-13)23-19(26)15-7-2-3-8-16(15)22/h2-11H,1H3,(H,23,26)(H,25,27). The molecule has 1 aromatic heterocycles. The van der Waals surface area contributed by atoms with Crippen molar-refractivity contribution in [3.8, 4) is 0 Å². The molecule has 0 bridgehead atoms. The van der Waals surface area contributed by atoms with E-state index in [2.05, 4.69) is 31.8 Å². The van der Waals surface area contributed by atoms with Crippen molar-refractivity contribution in [2.75, 3.05) is 5.32 Å². The molecule has 0 aliphatic carbocycles. The first-order chi connectivity index (χ1) is 13.4. The number of thiophene rings is 1. The number of hydrazone groups is 1. The van der Waals surface area contributed by atoms with Crippen LogP contribution in [0.5, 0.6) is 0 Å². The number of carbonyl (C=O) groups excluding carboxylic acids is 2. The molecule has 2 aromatic carbocycles. The fourth-order valence-corrected chi connectivity index (χ4v) is 3.63. The SMILES string of the molecule is CC(=NNC(=O)c1ccc(Br)s1)c1cccc(NC(=O)c2ccccc2F)c1. The molecule has 3 aromatic rings. The van der Waals surface area contributed by atoms with Gasteiger partial charge in [-0.3, -0.25) is 9.59 Å². The number of anilines is 1. The molecule has 0 aliphatic rings. The summed E-state index contributed by atoms with van der Waals surface area (Å²) in [5.74, 6) is -1.43. The lowest BCUT2D eigenvalue weighted by atomic mass is 10.1. The Bertz CT molecular complexity index is 1060. The van der Waals surface area contributed by atoms with E-state index in [-0.39, 0.29) is 11.5 Å². The molecular formula is C20H15BrFN3O2S. The quantitative estimate of drug-likeness (QED) is 0.413. The van der Waals surface area contributed by atoms with Gasteiger partial charge in [0.2, 0.25) is 0 Å². The van der Waals surface area contributed by atoms with Crippen LogP contribution in [0.15, 0.2) is 69.6 Å². The van der Waals surface area contributed by atoms with E-state index in [9.17, 15) is 14.0 Å². The van der Waals surface area contributed by atoms with Gasteiger partial charge in [-0.25, -0.2) is 9.82 Å². The van der Waals surface area contributed by atoms with Crippen LogP contribution in [0.3, 0.4) is 0 Å². The van der Waals surface area contributed by atoms with E-state index in [0.717, 1.165) is 3.79 Å². The van der Waals surface area contributed by atoms with Gasteiger partial charge in [0.05, 0.1) is 19.9 Å². The normalized spacial score (nSPS) is 11.2.